The molecule has 0 aliphatic carbocycles. The first-order chi connectivity index (χ1) is 12.3. The van der Waals surface area contributed by atoms with Gasteiger partial charge in [0, 0.05) is 6.42 Å². The van der Waals surface area contributed by atoms with Gasteiger partial charge in [-0.15, -0.1) is 0 Å². The topological polar surface area (TPSA) is 121 Å². The van der Waals surface area contributed by atoms with Crippen molar-refractivity contribution in [2.24, 2.45) is 0 Å². The Bertz CT molecular complexity index is 450. The number of aliphatic hydroxyl groups is 2. The molecule has 0 amide bonds. The number of aliphatic hydroxyl groups excluding tert-OH is 2. The summed E-state index contributed by atoms with van der Waals surface area (Å²) in [6, 6.07) is 0. The third-order valence-electron chi connectivity index (χ3n) is 4.38. The van der Waals surface area contributed by atoms with Gasteiger partial charge < -0.3 is 14.4 Å². The molecular weight excluding hydrogens is 360 g/mol. The van der Waals surface area contributed by atoms with Crippen LogP contribution in [0.3, 0.4) is 0 Å². The van der Waals surface area contributed by atoms with Crippen LogP contribution < -0.4 is 0 Å². The lowest BCUT2D eigenvalue weighted by atomic mass is 9.99. The lowest BCUT2D eigenvalue weighted by Crippen LogP contribution is -2.25. The summed E-state index contributed by atoms with van der Waals surface area (Å²) in [4.78, 5) is 11.0. The van der Waals surface area contributed by atoms with Crippen molar-refractivity contribution < 1.29 is 32.2 Å². The average molecular weight is 397 g/mol. The molecule has 0 aliphatic rings. The molecule has 26 heavy (non-hydrogen) atoms. The van der Waals surface area contributed by atoms with Crippen molar-refractivity contribution in [3.63, 3.8) is 0 Å². The Kier molecular flexibility index (Phi) is 15.0. The Morgan fingerprint density at radius 1 is 0.808 bits per heavy atom. The zero-order valence-electron chi connectivity index (χ0n) is 15.9. The molecule has 3 N–H and O–H groups in total. The first kappa shape index (κ1) is 25.3. The van der Waals surface area contributed by atoms with Gasteiger partial charge in [-0.1, -0.05) is 71.1 Å². The van der Waals surface area contributed by atoms with Crippen LogP contribution in [0.15, 0.2) is 0 Å². The maximum Gasteiger partial charge on any atom is 0.448 e. The van der Waals surface area contributed by atoms with E-state index in [2.05, 4.69) is 11.1 Å². The van der Waals surface area contributed by atoms with Gasteiger partial charge in [-0.05, 0) is 19.3 Å². The van der Waals surface area contributed by atoms with Gasteiger partial charge in [0.2, 0.25) is 0 Å². The Morgan fingerprint density at radius 3 is 1.69 bits per heavy atom. The molecule has 0 radical (unpaired) electrons. The number of unbranched alkanes of at least 4 members (excludes halogenated alkanes) is 9. The maximum absolute atomic E-state index is 11.0. The second kappa shape index (κ2) is 15.4. The first-order valence-electron chi connectivity index (χ1n) is 9.82. The van der Waals surface area contributed by atoms with E-state index < -0.39 is 28.6 Å². The second-order valence-electron chi connectivity index (χ2n) is 6.88. The number of hydrogen-bond donors (Lipinski definition) is 3. The third kappa shape index (κ3) is 16.8. The third-order valence-corrected chi connectivity index (χ3v) is 4.77. The van der Waals surface area contributed by atoms with E-state index in [1.165, 1.54) is 25.7 Å². The van der Waals surface area contributed by atoms with E-state index in [1.807, 2.05) is 0 Å². The molecule has 0 bridgehead atoms. The predicted molar refractivity (Wildman–Crippen MR) is 100.0 cm³/mol. The molecular formula is C18H36O7S. The molecule has 0 heterocycles. The van der Waals surface area contributed by atoms with Crippen LogP contribution >= 0.6 is 0 Å². The fraction of sp³-hybridized carbons (Fsp3) is 0.944. The summed E-state index contributed by atoms with van der Waals surface area (Å²) in [6.07, 6.45) is 10.5. The van der Waals surface area contributed by atoms with Crippen LogP contribution in [0.4, 0.5) is 0 Å². The molecule has 2 unspecified atom stereocenters. The Labute approximate surface area is 158 Å². The molecule has 0 fully saturated rings. The summed E-state index contributed by atoms with van der Waals surface area (Å²) < 4.78 is 32.8. The Hall–Kier alpha value is -0.700. The zero-order chi connectivity index (χ0) is 19.8. The first-order valence-corrected chi connectivity index (χ1v) is 11.2. The highest BCUT2D eigenvalue weighted by Crippen LogP contribution is 2.15. The molecule has 8 heteroatoms. The van der Waals surface area contributed by atoms with Crippen LogP contribution in [0, 0.1) is 0 Å². The van der Waals surface area contributed by atoms with Gasteiger partial charge in [-0.3, -0.25) is 9.35 Å². The van der Waals surface area contributed by atoms with E-state index in [9.17, 15) is 23.4 Å². The standard InChI is InChI=1S/C18H36O7S/c1-2-3-4-5-7-10-13-16(19)17(20)14-11-8-6-9-12-15-18(21)25-26(22,23)24/h16-17,19-20H,2-15H2,1H3,(H,22,23,24). The summed E-state index contributed by atoms with van der Waals surface area (Å²) in [5.41, 5.74) is 0. The minimum Gasteiger partial charge on any atom is -0.390 e. The molecule has 0 aromatic rings. The van der Waals surface area contributed by atoms with Crippen molar-refractivity contribution in [2.75, 3.05) is 0 Å². The molecule has 156 valence electrons. The van der Waals surface area contributed by atoms with Crippen molar-refractivity contribution in [2.45, 2.75) is 109 Å². The van der Waals surface area contributed by atoms with Crippen molar-refractivity contribution >= 4 is 16.4 Å². The monoisotopic (exact) mass is 396 g/mol. The molecule has 0 spiro atoms. The van der Waals surface area contributed by atoms with E-state index in [0.717, 1.165) is 38.5 Å². The normalized spacial score (nSPS) is 14.2. The maximum atomic E-state index is 11.0. The largest absolute Gasteiger partial charge is 0.448 e. The second-order valence-corrected chi connectivity index (χ2v) is 7.90. The fourth-order valence-corrected chi connectivity index (χ4v) is 3.15. The van der Waals surface area contributed by atoms with Gasteiger partial charge >= 0.3 is 16.4 Å². The summed E-state index contributed by atoms with van der Waals surface area (Å²) in [6.45, 7) is 2.18. The number of carbonyl (C=O) groups excluding carboxylic acids is 1. The van der Waals surface area contributed by atoms with Crippen molar-refractivity contribution in [3.8, 4) is 0 Å². The molecule has 0 aromatic carbocycles. The lowest BCUT2D eigenvalue weighted by molar-refractivity contribution is -0.134. The highest BCUT2D eigenvalue weighted by atomic mass is 32.3. The molecule has 0 aliphatic heterocycles. The Morgan fingerprint density at radius 2 is 1.23 bits per heavy atom. The van der Waals surface area contributed by atoms with Crippen LogP contribution in [0.2, 0.25) is 0 Å². The smallest absolute Gasteiger partial charge is 0.390 e. The van der Waals surface area contributed by atoms with E-state index >= 15 is 0 Å². The van der Waals surface area contributed by atoms with Crippen molar-refractivity contribution in [3.05, 3.63) is 0 Å². The summed E-state index contributed by atoms with van der Waals surface area (Å²) in [5, 5.41) is 19.9. The van der Waals surface area contributed by atoms with Gasteiger partial charge in [-0.25, -0.2) is 0 Å². The predicted octanol–water partition coefficient (Wildman–Crippen LogP) is 3.54. The number of rotatable bonds is 17. The molecule has 0 rings (SSSR count). The minimum absolute atomic E-state index is 0.0562. The van der Waals surface area contributed by atoms with E-state index in [4.69, 9.17) is 4.55 Å². The molecule has 7 nitrogen and oxygen atoms in total. The van der Waals surface area contributed by atoms with Crippen LogP contribution in [0.1, 0.15) is 96.8 Å². The van der Waals surface area contributed by atoms with Crippen molar-refractivity contribution in [1.82, 2.24) is 0 Å². The molecule has 0 saturated carbocycles. The van der Waals surface area contributed by atoms with Gasteiger partial charge in [0.15, 0.2) is 0 Å². The summed E-state index contributed by atoms with van der Waals surface area (Å²) in [7, 11) is -4.71. The number of carbonyl (C=O) groups is 1. The summed E-state index contributed by atoms with van der Waals surface area (Å²) >= 11 is 0. The lowest BCUT2D eigenvalue weighted by Gasteiger charge is -2.17. The van der Waals surface area contributed by atoms with E-state index in [1.54, 1.807) is 0 Å². The summed E-state index contributed by atoms with van der Waals surface area (Å²) in [5.74, 6) is -0.958. The van der Waals surface area contributed by atoms with E-state index in [-0.39, 0.29) is 6.42 Å². The van der Waals surface area contributed by atoms with Crippen LogP contribution in [-0.2, 0) is 19.4 Å². The molecule has 0 saturated heterocycles. The van der Waals surface area contributed by atoms with Crippen LogP contribution in [0.25, 0.3) is 0 Å². The molecule has 0 aromatic heterocycles. The highest BCUT2D eigenvalue weighted by molar-refractivity contribution is 7.81. The molecule has 2 atom stereocenters. The highest BCUT2D eigenvalue weighted by Gasteiger charge is 2.15. The average Bonchev–Trinajstić information content (AvgIpc) is 2.55. The fourth-order valence-electron chi connectivity index (χ4n) is 2.83. The quantitative estimate of drug-likeness (QED) is 0.254. The van der Waals surface area contributed by atoms with Gasteiger partial charge in [0.1, 0.15) is 0 Å². The van der Waals surface area contributed by atoms with Crippen LogP contribution in [0.5, 0.6) is 0 Å². The van der Waals surface area contributed by atoms with Gasteiger partial charge in [-0.2, -0.15) is 8.42 Å². The minimum atomic E-state index is -4.71. The van der Waals surface area contributed by atoms with E-state index in [0.29, 0.717) is 19.3 Å². The van der Waals surface area contributed by atoms with Gasteiger partial charge in [0.05, 0.1) is 12.2 Å². The SMILES string of the molecule is CCCCCCCCC(O)C(O)CCCCCCCC(=O)OS(=O)(=O)O. The zero-order valence-corrected chi connectivity index (χ0v) is 16.8. The van der Waals surface area contributed by atoms with Crippen LogP contribution in [-0.4, -0.2) is 41.4 Å². The van der Waals surface area contributed by atoms with Crippen molar-refractivity contribution in [1.29, 1.82) is 0 Å². The van der Waals surface area contributed by atoms with Gasteiger partial charge in [0.25, 0.3) is 0 Å². The Balaban J connectivity index is 3.52. The number of hydrogen-bond acceptors (Lipinski definition) is 6.